The lowest BCUT2D eigenvalue weighted by Gasteiger charge is -2.14. The van der Waals surface area contributed by atoms with Gasteiger partial charge in [0.1, 0.15) is 0 Å². The lowest BCUT2D eigenvalue weighted by atomic mass is 10.2. The van der Waals surface area contributed by atoms with Crippen LogP contribution in [0.5, 0.6) is 11.5 Å². The van der Waals surface area contributed by atoms with Crippen molar-refractivity contribution in [1.82, 2.24) is 0 Å². The number of anilines is 2. The van der Waals surface area contributed by atoms with Crippen LogP contribution in [0.15, 0.2) is 76.5 Å². The number of rotatable bonds is 9. The van der Waals surface area contributed by atoms with Gasteiger partial charge in [-0.25, -0.2) is 8.42 Å². The Morgan fingerprint density at radius 2 is 1.48 bits per heavy atom. The maximum atomic E-state index is 12.6. The zero-order chi connectivity index (χ0) is 24.0. The summed E-state index contributed by atoms with van der Waals surface area (Å²) in [6.45, 7) is 3.72. The van der Waals surface area contributed by atoms with Crippen molar-refractivity contribution in [3.05, 3.63) is 72.3 Å². The zero-order valence-electron chi connectivity index (χ0n) is 18.8. The molecule has 0 spiro atoms. The summed E-state index contributed by atoms with van der Waals surface area (Å²) in [6, 6.07) is 18.6. The minimum Gasteiger partial charge on any atom is -0.493 e. The Morgan fingerprint density at radius 1 is 0.879 bits per heavy atom. The van der Waals surface area contributed by atoms with Crippen LogP contribution in [0.2, 0.25) is 0 Å². The first-order valence-corrected chi connectivity index (χ1v) is 12.5. The Kier molecular flexibility index (Phi) is 7.88. The van der Waals surface area contributed by atoms with E-state index in [4.69, 9.17) is 9.47 Å². The molecule has 1 atom stereocenters. The third kappa shape index (κ3) is 6.43. The van der Waals surface area contributed by atoms with Gasteiger partial charge in [-0.2, -0.15) is 0 Å². The average Bonchev–Trinajstić information content (AvgIpc) is 2.80. The number of carbonyl (C=O) groups excluding carboxylic acids is 1. The molecule has 0 aromatic heterocycles. The second-order valence-electron chi connectivity index (χ2n) is 7.26. The van der Waals surface area contributed by atoms with Crippen molar-refractivity contribution < 1.29 is 22.7 Å². The fourth-order valence-corrected chi connectivity index (χ4v) is 4.90. The summed E-state index contributed by atoms with van der Waals surface area (Å²) >= 11 is 1.38. The van der Waals surface area contributed by atoms with Crippen molar-refractivity contribution in [1.29, 1.82) is 0 Å². The van der Waals surface area contributed by atoms with Crippen LogP contribution in [0, 0.1) is 6.92 Å². The molecule has 1 amide bonds. The van der Waals surface area contributed by atoms with E-state index in [0.29, 0.717) is 22.9 Å². The van der Waals surface area contributed by atoms with Gasteiger partial charge in [0.25, 0.3) is 10.0 Å². The monoisotopic (exact) mass is 486 g/mol. The molecule has 174 valence electrons. The van der Waals surface area contributed by atoms with Crippen LogP contribution in [0.1, 0.15) is 12.5 Å². The van der Waals surface area contributed by atoms with Crippen LogP contribution in [0.4, 0.5) is 11.4 Å². The number of nitrogens with one attached hydrogen (secondary N) is 2. The normalized spacial score (nSPS) is 12.0. The molecule has 2 N–H and O–H groups in total. The average molecular weight is 487 g/mol. The second-order valence-corrected chi connectivity index (χ2v) is 10.4. The Morgan fingerprint density at radius 3 is 2.09 bits per heavy atom. The van der Waals surface area contributed by atoms with E-state index in [2.05, 4.69) is 10.0 Å². The molecule has 0 bridgehead atoms. The van der Waals surface area contributed by atoms with Gasteiger partial charge in [-0.05, 0) is 68.4 Å². The first-order chi connectivity index (χ1) is 15.7. The van der Waals surface area contributed by atoms with Crippen molar-refractivity contribution in [2.24, 2.45) is 0 Å². The molecule has 3 aromatic carbocycles. The van der Waals surface area contributed by atoms with E-state index in [1.54, 1.807) is 51.5 Å². The molecule has 0 saturated heterocycles. The quantitative estimate of drug-likeness (QED) is 0.417. The van der Waals surface area contributed by atoms with Crippen LogP contribution < -0.4 is 19.5 Å². The first-order valence-electron chi connectivity index (χ1n) is 10.1. The number of carbonyl (C=O) groups is 1. The molecule has 3 aromatic rings. The van der Waals surface area contributed by atoms with Crippen LogP contribution in [-0.4, -0.2) is 33.8 Å². The third-order valence-corrected chi connectivity index (χ3v) is 7.26. The lowest BCUT2D eigenvalue weighted by molar-refractivity contribution is -0.115. The highest BCUT2D eigenvalue weighted by Gasteiger charge is 2.18. The maximum absolute atomic E-state index is 12.6. The third-order valence-electron chi connectivity index (χ3n) is 4.77. The van der Waals surface area contributed by atoms with E-state index in [0.717, 1.165) is 10.5 Å². The summed E-state index contributed by atoms with van der Waals surface area (Å²) < 4.78 is 38.3. The summed E-state index contributed by atoms with van der Waals surface area (Å²) in [5.41, 5.74) is 2.03. The van der Waals surface area contributed by atoms with Gasteiger partial charge in [0, 0.05) is 16.3 Å². The first kappa shape index (κ1) is 24.5. The molecule has 0 heterocycles. The van der Waals surface area contributed by atoms with Crippen LogP contribution in [-0.2, 0) is 14.8 Å². The number of sulfonamides is 1. The van der Waals surface area contributed by atoms with Crippen molar-refractivity contribution in [2.45, 2.75) is 28.9 Å². The molecular formula is C24H26N2O5S2. The highest BCUT2D eigenvalue weighted by atomic mass is 32.2. The van der Waals surface area contributed by atoms with Crippen molar-refractivity contribution in [3.8, 4) is 11.5 Å². The highest BCUT2D eigenvalue weighted by molar-refractivity contribution is 8.00. The highest BCUT2D eigenvalue weighted by Crippen LogP contribution is 2.33. The number of hydrogen-bond donors (Lipinski definition) is 2. The van der Waals surface area contributed by atoms with E-state index in [1.807, 2.05) is 31.2 Å². The van der Waals surface area contributed by atoms with Crippen molar-refractivity contribution >= 4 is 39.1 Å². The fourth-order valence-electron chi connectivity index (χ4n) is 2.94. The summed E-state index contributed by atoms with van der Waals surface area (Å²) in [6.07, 6.45) is 0. The van der Waals surface area contributed by atoms with E-state index >= 15 is 0 Å². The smallest absolute Gasteiger partial charge is 0.261 e. The summed E-state index contributed by atoms with van der Waals surface area (Å²) in [5.74, 6) is 1.00. The van der Waals surface area contributed by atoms with Gasteiger partial charge < -0.3 is 14.8 Å². The minimum absolute atomic E-state index is 0.105. The number of amides is 1. The summed E-state index contributed by atoms with van der Waals surface area (Å²) in [5, 5.41) is 2.42. The lowest BCUT2D eigenvalue weighted by Crippen LogP contribution is -2.22. The predicted molar refractivity (Wildman–Crippen MR) is 132 cm³/mol. The molecule has 0 aliphatic carbocycles. The second kappa shape index (κ2) is 10.6. The molecule has 0 aliphatic heterocycles. The molecule has 0 saturated carbocycles. The zero-order valence-corrected chi connectivity index (χ0v) is 20.4. The Bertz CT molecular complexity index is 1210. The van der Waals surface area contributed by atoms with Gasteiger partial charge >= 0.3 is 0 Å². The molecule has 33 heavy (non-hydrogen) atoms. The van der Waals surface area contributed by atoms with Crippen LogP contribution in [0.3, 0.4) is 0 Å². The topological polar surface area (TPSA) is 93.7 Å². The largest absolute Gasteiger partial charge is 0.493 e. The Balaban J connectivity index is 1.63. The summed E-state index contributed by atoms with van der Waals surface area (Å²) in [7, 11) is -0.606. The van der Waals surface area contributed by atoms with Crippen molar-refractivity contribution in [2.75, 3.05) is 24.3 Å². The van der Waals surface area contributed by atoms with E-state index in [1.165, 1.54) is 23.9 Å². The number of hydrogen-bond acceptors (Lipinski definition) is 6. The Labute approximate surface area is 198 Å². The molecule has 0 radical (unpaired) electrons. The van der Waals surface area contributed by atoms with E-state index in [9.17, 15) is 13.2 Å². The van der Waals surface area contributed by atoms with Gasteiger partial charge in [0.2, 0.25) is 5.91 Å². The van der Waals surface area contributed by atoms with E-state index in [-0.39, 0.29) is 10.8 Å². The molecular weight excluding hydrogens is 460 g/mol. The Hall–Kier alpha value is -3.17. The number of thioether (sulfide) groups is 1. The van der Waals surface area contributed by atoms with Gasteiger partial charge in [-0.3, -0.25) is 9.52 Å². The SMILES string of the molecule is COc1ccc(S[C@@H](C)C(=O)Nc2ccc(S(=O)(=O)Nc3ccc(C)cc3)cc2)cc1OC. The number of aryl methyl sites for hydroxylation is 1. The number of benzene rings is 3. The summed E-state index contributed by atoms with van der Waals surface area (Å²) in [4.78, 5) is 13.6. The number of methoxy groups -OCH3 is 2. The van der Waals surface area contributed by atoms with Gasteiger partial charge in [0.15, 0.2) is 11.5 Å². The maximum Gasteiger partial charge on any atom is 0.261 e. The minimum atomic E-state index is -3.73. The van der Waals surface area contributed by atoms with Gasteiger partial charge in [-0.1, -0.05) is 17.7 Å². The van der Waals surface area contributed by atoms with Crippen LogP contribution >= 0.6 is 11.8 Å². The van der Waals surface area contributed by atoms with Crippen LogP contribution in [0.25, 0.3) is 0 Å². The molecule has 3 rings (SSSR count). The fraction of sp³-hybridized carbons (Fsp3) is 0.208. The molecule has 9 heteroatoms. The molecule has 0 aliphatic rings. The standard InChI is InChI=1S/C24H26N2O5S2/c1-16-5-7-19(8-6-16)26-33(28,29)21-12-9-18(10-13-21)25-24(27)17(2)32-20-11-14-22(30-3)23(15-20)31-4/h5-15,17,26H,1-4H3,(H,25,27)/t17-/m0/s1. The number of ether oxygens (including phenoxy) is 2. The van der Waals surface area contributed by atoms with E-state index < -0.39 is 15.3 Å². The van der Waals surface area contributed by atoms with Crippen molar-refractivity contribution in [3.63, 3.8) is 0 Å². The van der Waals surface area contributed by atoms with Gasteiger partial charge in [-0.15, -0.1) is 11.8 Å². The molecule has 0 fully saturated rings. The molecule has 7 nitrogen and oxygen atoms in total. The predicted octanol–water partition coefficient (Wildman–Crippen LogP) is 4.93. The van der Waals surface area contributed by atoms with Gasteiger partial charge in [0.05, 0.1) is 24.4 Å². The molecule has 0 unspecified atom stereocenters.